The predicted octanol–water partition coefficient (Wildman–Crippen LogP) is 3.61. The fraction of sp³-hybridized carbons (Fsp3) is 0.320. The van der Waals surface area contributed by atoms with Crippen LogP contribution in [-0.4, -0.2) is 36.4 Å². The molecule has 2 heterocycles. The molecule has 4 aromatic rings. The van der Waals surface area contributed by atoms with E-state index in [1.54, 1.807) is 12.1 Å². The second-order valence-electron chi connectivity index (χ2n) is 9.12. The summed E-state index contributed by atoms with van der Waals surface area (Å²) in [6.45, 7) is 0. The van der Waals surface area contributed by atoms with E-state index in [9.17, 15) is 10.1 Å². The molecule has 0 spiro atoms. The van der Waals surface area contributed by atoms with Gasteiger partial charge in [0.25, 0.3) is 5.91 Å². The summed E-state index contributed by atoms with van der Waals surface area (Å²) in [6.07, 6.45) is 6.49. The van der Waals surface area contributed by atoms with Gasteiger partial charge in [0.15, 0.2) is 5.82 Å². The zero-order valence-electron chi connectivity index (χ0n) is 18.3. The molecule has 2 saturated carbocycles. The first-order valence-corrected chi connectivity index (χ1v) is 11.2. The van der Waals surface area contributed by atoms with Crippen molar-refractivity contribution in [3.8, 4) is 17.5 Å². The van der Waals surface area contributed by atoms with Crippen molar-refractivity contribution in [2.75, 3.05) is 0 Å². The number of nitriles is 1. The Bertz CT molecular complexity index is 1420. The number of fused-ring (bicyclic) bond motifs is 1. The second kappa shape index (κ2) is 7.27. The lowest BCUT2D eigenvalue weighted by atomic mass is 9.97. The van der Waals surface area contributed by atoms with Crippen molar-refractivity contribution < 1.29 is 4.79 Å². The lowest BCUT2D eigenvalue weighted by molar-refractivity contribution is 0.0941. The van der Waals surface area contributed by atoms with E-state index in [1.165, 1.54) is 29.4 Å². The predicted molar refractivity (Wildman–Crippen MR) is 122 cm³/mol. The Morgan fingerprint density at radius 2 is 2.03 bits per heavy atom. The molecule has 2 aliphatic rings. The van der Waals surface area contributed by atoms with E-state index in [1.807, 2.05) is 30.1 Å². The maximum Gasteiger partial charge on any atom is 0.252 e. The van der Waals surface area contributed by atoms with Crippen molar-refractivity contribution in [3.63, 3.8) is 0 Å². The van der Waals surface area contributed by atoms with Gasteiger partial charge in [0, 0.05) is 30.0 Å². The van der Waals surface area contributed by atoms with Gasteiger partial charge >= 0.3 is 0 Å². The molecule has 0 atom stereocenters. The number of nitrogens with zero attached hydrogens (tertiary/aromatic N) is 5. The molecule has 2 aliphatic carbocycles. The summed E-state index contributed by atoms with van der Waals surface area (Å²) in [6, 6.07) is 13.7. The normalized spacial score (nSPS) is 16.5. The van der Waals surface area contributed by atoms with Gasteiger partial charge in [-0.2, -0.15) is 15.5 Å². The topological polar surface area (TPSA) is 112 Å². The van der Waals surface area contributed by atoms with Crippen LogP contribution < -0.4 is 5.32 Å². The van der Waals surface area contributed by atoms with Crippen molar-refractivity contribution in [3.05, 3.63) is 65.1 Å². The Kier molecular flexibility index (Phi) is 4.34. The first kappa shape index (κ1) is 19.7. The lowest BCUT2D eigenvalue weighted by Crippen LogP contribution is -2.35. The van der Waals surface area contributed by atoms with Crippen LogP contribution in [0.2, 0.25) is 0 Å². The number of carbonyl (C=O) groups is 1. The average Bonchev–Trinajstić information content (AvgIpc) is 3.73. The number of H-pyrrole nitrogens is 1. The second-order valence-corrected chi connectivity index (χ2v) is 9.12. The van der Waals surface area contributed by atoms with Gasteiger partial charge < -0.3 is 5.32 Å². The molecular formula is C25H23N7O. The third kappa shape index (κ3) is 3.55. The number of nitrogens with one attached hydrogen (secondary N) is 2. The Morgan fingerprint density at radius 3 is 2.73 bits per heavy atom. The summed E-state index contributed by atoms with van der Waals surface area (Å²) < 4.78 is 1.83. The number of aryl methyl sites for hydroxylation is 1. The van der Waals surface area contributed by atoms with Crippen LogP contribution in [0.25, 0.3) is 22.3 Å². The summed E-state index contributed by atoms with van der Waals surface area (Å²) in [5.74, 6) is 1.90. The maximum absolute atomic E-state index is 12.4. The molecule has 33 heavy (non-hydrogen) atoms. The highest BCUT2D eigenvalue weighted by molar-refractivity contribution is 5.95. The molecule has 8 nitrogen and oxygen atoms in total. The fourth-order valence-electron chi connectivity index (χ4n) is 4.41. The Labute approximate surface area is 190 Å². The van der Waals surface area contributed by atoms with Crippen molar-refractivity contribution in [1.29, 1.82) is 5.26 Å². The molecule has 0 saturated heterocycles. The summed E-state index contributed by atoms with van der Waals surface area (Å²) in [7, 11) is 1.91. The van der Waals surface area contributed by atoms with Gasteiger partial charge in [0.05, 0.1) is 17.8 Å². The fourth-order valence-corrected chi connectivity index (χ4v) is 4.41. The third-order valence-electron chi connectivity index (χ3n) is 6.67. The van der Waals surface area contributed by atoms with Crippen LogP contribution in [0, 0.1) is 11.3 Å². The van der Waals surface area contributed by atoms with Crippen LogP contribution >= 0.6 is 0 Å². The summed E-state index contributed by atoms with van der Waals surface area (Å²) in [5.41, 5.74) is 4.43. The largest absolute Gasteiger partial charge is 0.334 e. The average molecular weight is 438 g/mol. The number of benzene rings is 2. The van der Waals surface area contributed by atoms with Gasteiger partial charge in [0.1, 0.15) is 11.4 Å². The van der Waals surface area contributed by atoms with Gasteiger partial charge in [-0.1, -0.05) is 18.2 Å². The van der Waals surface area contributed by atoms with Crippen LogP contribution in [0.15, 0.2) is 42.6 Å². The molecule has 164 valence electrons. The highest BCUT2D eigenvalue weighted by atomic mass is 16.1. The van der Waals surface area contributed by atoms with Crippen LogP contribution in [0.5, 0.6) is 0 Å². The zero-order chi connectivity index (χ0) is 22.6. The minimum Gasteiger partial charge on any atom is -0.334 e. The minimum atomic E-state index is -0.675. The third-order valence-corrected chi connectivity index (χ3v) is 6.67. The van der Waals surface area contributed by atoms with Crippen molar-refractivity contribution in [1.82, 2.24) is 30.3 Å². The number of aromatic amines is 1. The molecule has 2 fully saturated rings. The first-order chi connectivity index (χ1) is 16.0. The molecule has 0 radical (unpaired) electrons. The molecule has 2 aromatic carbocycles. The van der Waals surface area contributed by atoms with Crippen molar-refractivity contribution in [2.45, 2.75) is 43.6 Å². The molecule has 0 aliphatic heterocycles. The first-order valence-electron chi connectivity index (χ1n) is 11.2. The number of rotatable bonds is 6. The molecule has 6 rings (SSSR count). The van der Waals surface area contributed by atoms with Crippen LogP contribution in [0.4, 0.5) is 0 Å². The quantitative estimate of drug-likeness (QED) is 0.478. The van der Waals surface area contributed by atoms with Crippen LogP contribution in [-0.2, 0) is 13.5 Å². The molecule has 0 unspecified atom stereocenters. The monoisotopic (exact) mass is 437 g/mol. The number of aromatic nitrogens is 5. The van der Waals surface area contributed by atoms with Crippen molar-refractivity contribution >= 4 is 16.8 Å². The smallest absolute Gasteiger partial charge is 0.252 e. The minimum absolute atomic E-state index is 0.225. The molecule has 1 amide bonds. The Morgan fingerprint density at radius 1 is 1.24 bits per heavy atom. The highest BCUT2D eigenvalue weighted by Crippen LogP contribution is 2.45. The van der Waals surface area contributed by atoms with E-state index >= 15 is 0 Å². The van der Waals surface area contributed by atoms with Crippen molar-refractivity contribution in [2.24, 2.45) is 7.05 Å². The molecule has 2 N–H and O–H groups in total. The molecular weight excluding hydrogens is 414 g/mol. The molecule has 0 bridgehead atoms. The highest BCUT2D eigenvalue weighted by Gasteiger charge is 2.44. The summed E-state index contributed by atoms with van der Waals surface area (Å²) in [5, 5.41) is 25.1. The zero-order valence-corrected chi connectivity index (χ0v) is 18.3. The summed E-state index contributed by atoms with van der Waals surface area (Å²) in [4.78, 5) is 17.2. The van der Waals surface area contributed by atoms with E-state index in [0.717, 1.165) is 16.9 Å². The van der Waals surface area contributed by atoms with Gasteiger partial charge in [-0.3, -0.25) is 14.6 Å². The van der Waals surface area contributed by atoms with Gasteiger partial charge in [-0.15, -0.1) is 0 Å². The van der Waals surface area contributed by atoms with E-state index < -0.39 is 5.54 Å². The molecule has 2 aromatic heterocycles. The number of carbonyl (C=O) groups excluding carboxylic acids is 1. The maximum atomic E-state index is 12.4. The van der Waals surface area contributed by atoms with Gasteiger partial charge in [0.2, 0.25) is 0 Å². The van der Waals surface area contributed by atoms with Gasteiger partial charge in [-0.25, -0.2) is 4.98 Å². The van der Waals surface area contributed by atoms with E-state index in [2.05, 4.69) is 38.8 Å². The lowest BCUT2D eigenvalue weighted by Gasteiger charge is -2.09. The summed E-state index contributed by atoms with van der Waals surface area (Å²) >= 11 is 0. The molecule has 8 heteroatoms. The van der Waals surface area contributed by atoms with Gasteiger partial charge in [-0.05, 0) is 60.9 Å². The number of hydrogen-bond acceptors (Lipinski definition) is 5. The van der Waals surface area contributed by atoms with Crippen LogP contribution in [0.3, 0.4) is 0 Å². The Balaban J connectivity index is 1.24. The SMILES string of the molecule is Cn1nc(-c2ccc(C(=O)NC3(C#N)CC3)cc2)nc1Cc1ccc2[nH]ncc2c1C1CC1. The van der Waals surface area contributed by atoms with Crippen LogP contribution in [0.1, 0.15) is 58.9 Å². The standard InChI is InChI=1S/C25H23N7O/c1-32-21(12-18-8-9-20-19(13-27-30-20)22(18)15-2-3-15)28-23(31-32)16-4-6-17(7-5-16)24(33)29-25(14-26)10-11-25/h4-9,13,15H,2-3,10-12H2,1H3,(H,27,30)(H,29,33). The van der Waals surface area contributed by atoms with E-state index in [-0.39, 0.29) is 5.91 Å². The Hall–Kier alpha value is -3.99. The van der Waals surface area contributed by atoms with E-state index in [0.29, 0.717) is 36.6 Å². The van der Waals surface area contributed by atoms with E-state index in [4.69, 9.17) is 4.98 Å². The number of hydrogen-bond donors (Lipinski definition) is 2. The number of amides is 1.